The van der Waals surface area contributed by atoms with E-state index in [9.17, 15) is 4.79 Å². The molecule has 21 heavy (non-hydrogen) atoms. The summed E-state index contributed by atoms with van der Waals surface area (Å²) in [6.45, 7) is 0. The van der Waals surface area contributed by atoms with Crippen molar-refractivity contribution in [2.75, 3.05) is 0 Å². The number of aromatic nitrogens is 3. The number of carbonyl (C=O) groups excluding carboxylic acids is 1. The summed E-state index contributed by atoms with van der Waals surface area (Å²) in [5.74, 6) is 0.249. The van der Waals surface area contributed by atoms with Gasteiger partial charge in [-0.25, -0.2) is 0 Å². The van der Waals surface area contributed by atoms with Crippen LogP contribution in [0.25, 0.3) is 0 Å². The zero-order valence-electron chi connectivity index (χ0n) is 11.7. The van der Waals surface area contributed by atoms with E-state index in [4.69, 9.17) is 0 Å². The molecule has 0 amide bonds. The van der Waals surface area contributed by atoms with Gasteiger partial charge in [0.15, 0.2) is 10.9 Å². The van der Waals surface area contributed by atoms with E-state index in [1.807, 2.05) is 18.2 Å². The second-order valence-electron chi connectivity index (χ2n) is 5.77. The zero-order valence-corrected chi connectivity index (χ0v) is 12.6. The molecule has 2 aliphatic carbocycles. The highest BCUT2D eigenvalue weighted by atomic mass is 32.2. The van der Waals surface area contributed by atoms with Crippen LogP contribution >= 0.6 is 11.8 Å². The second kappa shape index (κ2) is 5.30. The number of hydrogen-bond donors (Lipinski definition) is 0. The van der Waals surface area contributed by atoms with Crippen LogP contribution in [0, 0.1) is 0 Å². The predicted molar refractivity (Wildman–Crippen MR) is 81.6 cm³/mol. The minimum Gasteiger partial charge on any atom is -0.306 e. The lowest BCUT2D eigenvalue weighted by Crippen LogP contribution is -2.17. The fourth-order valence-corrected chi connectivity index (χ4v) is 4.11. The fraction of sp³-hybridized carbons (Fsp3) is 0.438. The van der Waals surface area contributed by atoms with Crippen molar-refractivity contribution < 1.29 is 4.79 Å². The Labute approximate surface area is 128 Å². The molecule has 4 nitrogen and oxygen atoms in total. The standard InChI is InChI=1S/C16H17N3OS/c20-15-13-6-2-1-4-11(13)5-3-7-14(15)21-16-18-17-10-19(16)12-8-9-12/h1-2,4,6,10,12,14H,3,5,7-9H2/t14-/m0/s1. The molecule has 2 aliphatic rings. The van der Waals surface area contributed by atoms with E-state index in [1.165, 1.54) is 18.4 Å². The lowest BCUT2D eigenvalue weighted by atomic mass is 10.0. The summed E-state index contributed by atoms with van der Waals surface area (Å²) < 4.78 is 2.13. The molecule has 0 saturated heterocycles. The first-order valence-electron chi connectivity index (χ1n) is 7.51. The number of rotatable bonds is 3. The summed E-state index contributed by atoms with van der Waals surface area (Å²) in [7, 11) is 0. The highest BCUT2D eigenvalue weighted by Gasteiger charge is 2.31. The summed E-state index contributed by atoms with van der Waals surface area (Å²) in [6, 6.07) is 8.56. The normalized spacial score (nSPS) is 21.9. The van der Waals surface area contributed by atoms with E-state index < -0.39 is 0 Å². The third kappa shape index (κ3) is 2.50. The van der Waals surface area contributed by atoms with E-state index in [1.54, 1.807) is 18.1 Å². The monoisotopic (exact) mass is 299 g/mol. The SMILES string of the molecule is O=C1c2ccccc2CCC[C@@H]1Sc1nncn1C1CC1. The van der Waals surface area contributed by atoms with Crippen molar-refractivity contribution in [3.05, 3.63) is 41.7 Å². The summed E-state index contributed by atoms with van der Waals surface area (Å²) in [5, 5.41) is 9.11. The van der Waals surface area contributed by atoms with Crippen molar-refractivity contribution >= 4 is 17.5 Å². The van der Waals surface area contributed by atoms with Gasteiger partial charge in [-0.05, 0) is 37.7 Å². The van der Waals surface area contributed by atoms with Crippen LogP contribution in [0.1, 0.15) is 47.6 Å². The van der Waals surface area contributed by atoms with Crippen LogP contribution < -0.4 is 0 Å². The van der Waals surface area contributed by atoms with E-state index in [-0.39, 0.29) is 11.0 Å². The molecule has 1 saturated carbocycles. The number of thioether (sulfide) groups is 1. The van der Waals surface area contributed by atoms with Gasteiger partial charge in [0.1, 0.15) is 6.33 Å². The van der Waals surface area contributed by atoms with Crippen molar-refractivity contribution in [1.29, 1.82) is 0 Å². The van der Waals surface area contributed by atoms with Crippen LogP contribution in [0.15, 0.2) is 35.7 Å². The van der Waals surface area contributed by atoms with Crippen molar-refractivity contribution in [3.63, 3.8) is 0 Å². The molecule has 1 fully saturated rings. The number of fused-ring (bicyclic) bond motifs is 1. The number of Topliss-reactive ketones (excluding diaryl/α,β-unsaturated/α-hetero) is 1. The van der Waals surface area contributed by atoms with Gasteiger partial charge in [0.2, 0.25) is 0 Å². The topological polar surface area (TPSA) is 47.8 Å². The summed E-state index contributed by atoms with van der Waals surface area (Å²) in [5.41, 5.74) is 2.08. The highest BCUT2D eigenvalue weighted by molar-refractivity contribution is 8.00. The third-order valence-electron chi connectivity index (χ3n) is 4.22. The van der Waals surface area contributed by atoms with E-state index in [2.05, 4.69) is 20.8 Å². The molecular weight excluding hydrogens is 282 g/mol. The summed E-state index contributed by atoms with van der Waals surface area (Å²) in [6.07, 6.45) is 7.16. The molecule has 0 N–H and O–H groups in total. The van der Waals surface area contributed by atoms with Gasteiger partial charge >= 0.3 is 0 Å². The van der Waals surface area contributed by atoms with Crippen LogP contribution in [0.5, 0.6) is 0 Å². The van der Waals surface area contributed by atoms with Crippen LogP contribution in [0.4, 0.5) is 0 Å². The molecule has 0 aliphatic heterocycles. The molecule has 0 bridgehead atoms. The lowest BCUT2D eigenvalue weighted by Gasteiger charge is -2.13. The lowest BCUT2D eigenvalue weighted by molar-refractivity contribution is 0.0988. The molecule has 0 spiro atoms. The first-order valence-corrected chi connectivity index (χ1v) is 8.39. The number of nitrogens with zero attached hydrogens (tertiary/aromatic N) is 3. The Hall–Kier alpha value is -1.62. The molecule has 0 unspecified atom stereocenters. The number of ketones is 1. The molecule has 1 aromatic carbocycles. The van der Waals surface area contributed by atoms with Gasteiger partial charge < -0.3 is 4.57 Å². The quantitative estimate of drug-likeness (QED) is 0.816. The Morgan fingerprint density at radius 3 is 2.90 bits per heavy atom. The Morgan fingerprint density at radius 2 is 2.05 bits per heavy atom. The van der Waals surface area contributed by atoms with Crippen LogP contribution in [-0.4, -0.2) is 25.8 Å². The maximum absolute atomic E-state index is 12.8. The van der Waals surface area contributed by atoms with Crippen molar-refractivity contribution in [3.8, 4) is 0 Å². The maximum atomic E-state index is 12.8. The largest absolute Gasteiger partial charge is 0.306 e. The molecule has 1 aromatic heterocycles. The van der Waals surface area contributed by atoms with Gasteiger partial charge in [-0.1, -0.05) is 36.0 Å². The van der Waals surface area contributed by atoms with Gasteiger partial charge in [0.25, 0.3) is 0 Å². The summed E-state index contributed by atoms with van der Waals surface area (Å²) in [4.78, 5) is 12.8. The number of aryl methyl sites for hydroxylation is 1. The van der Waals surface area contributed by atoms with Crippen LogP contribution in [0.2, 0.25) is 0 Å². The summed E-state index contributed by atoms with van der Waals surface area (Å²) >= 11 is 1.59. The highest BCUT2D eigenvalue weighted by Crippen LogP contribution is 2.39. The smallest absolute Gasteiger partial charge is 0.191 e. The van der Waals surface area contributed by atoms with Crippen LogP contribution in [0.3, 0.4) is 0 Å². The number of carbonyl (C=O) groups is 1. The Balaban J connectivity index is 1.60. The van der Waals surface area contributed by atoms with Crippen molar-refractivity contribution in [1.82, 2.24) is 14.8 Å². The van der Waals surface area contributed by atoms with Gasteiger partial charge in [0, 0.05) is 11.6 Å². The number of benzene rings is 1. The molecule has 108 valence electrons. The predicted octanol–water partition coefficient (Wildman–Crippen LogP) is 3.29. The Kier molecular flexibility index (Phi) is 3.30. The zero-order chi connectivity index (χ0) is 14.2. The molecule has 1 atom stereocenters. The minimum atomic E-state index is -0.0321. The van der Waals surface area contributed by atoms with E-state index >= 15 is 0 Å². The van der Waals surface area contributed by atoms with Crippen molar-refractivity contribution in [2.45, 2.75) is 48.6 Å². The third-order valence-corrected chi connectivity index (χ3v) is 5.45. The molecule has 4 rings (SSSR count). The minimum absolute atomic E-state index is 0.0321. The Bertz CT molecular complexity index is 678. The molecule has 5 heteroatoms. The molecule has 1 heterocycles. The van der Waals surface area contributed by atoms with Gasteiger partial charge in [-0.3, -0.25) is 4.79 Å². The van der Waals surface area contributed by atoms with E-state index in [0.717, 1.165) is 30.0 Å². The first-order chi connectivity index (χ1) is 10.3. The van der Waals surface area contributed by atoms with Gasteiger partial charge in [0.05, 0.1) is 5.25 Å². The Morgan fingerprint density at radius 1 is 1.19 bits per heavy atom. The molecule has 0 radical (unpaired) electrons. The van der Waals surface area contributed by atoms with Crippen molar-refractivity contribution in [2.24, 2.45) is 0 Å². The van der Waals surface area contributed by atoms with Gasteiger partial charge in [-0.15, -0.1) is 10.2 Å². The number of hydrogen-bond acceptors (Lipinski definition) is 4. The van der Waals surface area contributed by atoms with Gasteiger partial charge in [-0.2, -0.15) is 0 Å². The average Bonchev–Trinajstić information content (AvgIpc) is 3.27. The molecule has 2 aromatic rings. The first kappa shape index (κ1) is 13.1. The average molecular weight is 299 g/mol. The second-order valence-corrected chi connectivity index (χ2v) is 6.94. The molecular formula is C16H17N3OS. The van der Waals surface area contributed by atoms with E-state index in [0.29, 0.717) is 6.04 Å². The maximum Gasteiger partial charge on any atom is 0.191 e. The van der Waals surface area contributed by atoms with Crippen LogP contribution in [-0.2, 0) is 6.42 Å². The fourth-order valence-electron chi connectivity index (χ4n) is 2.92.